The summed E-state index contributed by atoms with van der Waals surface area (Å²) >= 11 is 1.13. The Morgan fingerprint density at radius 2 is 2.42 bits per heavy atom. The van der Waals surface area contributed by atoms with Gasteiger partial charge in [-0.2, -0.15) is 0 Å². The second-order valence-electron chi connectivity index (χ2n) is 3.04. The van der Waals surface area contributed by atoms with Crippen LogP contribution in [-0.2, 0) is 11.3 Å². The molecular formula is C8H9NO2S. The van der Waals surface area contributed by atoms with E-state index in [1.54, 1.807) is 11.6 Å². The number of carbonyl (C=O) groups excluding carboxylic acids is 1. The van der Waals surface area contributed by atoms with E-state index in [1.807, 2.05) is 0 Å². The van der Waals surface area contributed by atoms with Gasteiger partial charge in [0.25, 0.3) is 0 Å². The third-order valence-electron chi connectivity index (χ3n) is 2.00. The topological polar surface area (TPSA) is 39.1 Å². The highest BCUT2D eigenvalue weighted by Crippen LogP contribution is 2.30. The number of carbonyl (C=O) groups is 1. The van der Waals surface area contributed by atoms with Gasteiger partial charge in [0.05, 0.1) is 6.54 Å². The quantitative estimate of drug-likeness (QED) is 0.698. The van der Waals surface area contributed by atoms with E-state index in [-0.39, 0.29) is 23.1 Å². The van der Waals surface area contributed by atoms with Crippen LogP contribution in [0.1, 0.15) is 12.8 Å². The molecule has 64 valence electrons. The summed E-state index contributed by atoms with van der Waals surface area (Å²) in [7, 11) is 0. The fourth-order valence-corrected chi connectivity index (χ4v) is 1.70. The van der Waals surface area contributed by atoms with Gasteiger partial charge in [-0.15, -0.1) is 0 Å². The van der Waals surface area contributed by atoms with Crippen molar-refractivity contribution in [3.8, 4) is 0 Å². The zero-order chi connectivity index (χ0) is 8.55. The maximum atomic E-state index is 11.3. The van der Waals surface area contributed by atoms with Gasteiger partial charge in [0.2, 0.25) is 0 Å². The van der Waals surface area contributed by atoms with Crippen molar-refractivity contribution in [2.45, 2.75) is 19.4 Å². The van der Waals surface area contributed by atoms with E-state index < -0.39 is 0 Å². The molecule has 12 heavy (non-hydrogen) atoms. The smallest absolute Gasteiger partial charge is 0.299 e. The van der Waals surface area contributed by atoms with Crippen molar-refractivity contribution in [3.05, 3.63) is 21.2 Å². The van der Waals surface area contributed by atoms with Gasteiger partial charge < -0.3 is 0 Å². The highest BCUT2D eigenvalue weighted by atomic mass is 32.1. The molecule has 0 radical (unpaired) electrons. The third-order valence-corrected chi connectivity index (χ3v) is 2.70. The summed E-state index contributed by atoms with van der Waals surface area (Å²) in [4.78, 5) is 22.3. The number of aromatic nitrogens is 1. The summed E-state index contributed by atoms with van der Waals surface area (Å²) in [6.07, 6.45) is 3.70. The van der Waals surface area contributed by atoms with E-state index in [1.165, 1.54) is 4.57 Å². The number of ketones is 1. The van der Waals surface area contributed by atoms with Crippen LogP contribution in [-0.4, -0.2) is 10.4 Å². The van der Waals surface area contributed by atoms with Crippen LogP contribution in [0.5, 0.6) is 0 Å². The Labute approximate surface area is 73.6 Å². The summed E-state index contributed by atoms with van der Waals surface area (Å²) in [5.74, 6) is 0.451. The predicted octanol–water partition coefficient (Wildman–Crippen LogP) is 0.889. The molecule has 0 aliphatic heterocycles. The van der Waals surface area contributed by atoms with Crippen molar-refractivity contribution >= 4 is 17.1 Å². The van der Waals surface area contributed by atoms with Crippen LogP contribution < -0.4 is 4.87 Å². The van der Waals surface area contributed by atoms with E-state index >= 15 is 0 Å². The van der Waals surface area contributed by atoms with Crippen LogP contribution in [0.4, 0.5) is 0 Å². The first-order chi connectivity index (χ1) is 5.77. The monoisotopic (exact) mass is 183 g/mol. The van der Waals surface area contributed by atoms with Crippen LogP contribution in [0, 0.1) is 5.92 Å². The van der Waals surface area contributed by atoms with Gasteiger partial charge >= 0.3 is 4.87 Å². The van der Waals surface area contributed by atoms with Crippen LogP contribution in [0.2, 0.25) is 0 Å². The Balaban J connectivity index is 2.07. The molecule has 3 nitrogen and oxygen atoms in total. The van der Waals surface area contributed by atoms with E-state index in [0.717, 1.165) is 24.2 Å². The zero-order valence-electron chi connectivity index (χ0n) is 6.53. The maximum absolute atomic E-state index is 11.3. The fraction of sp³-hybridized carbons (Fsp3) is 0.500. The average Bonchev–Trinajstić information content (AvgIpc) is 2.80. The second-order valence-corrected chi connectivity index (χ2v) is 3.89. The normalized spacial score (nSPS) is 16.3. The van der Waals surface area contributed by atoms with Crippen molar-refractivity contribution in [2.24, 2.45) is 5.92 Å². The van der Waals surface area contributed by atoms with Crippen molar-refractivity contribution in [3.63, 3.8) is 0 Å². The zero-order valence-corrected chi connectivity index (χ0v) is 7.34. The summed E-state index contributed by atoms with van der Waals surface area (Å²) in [5, 5.41) is 1.71. The largest absolute Gasteiger partial charge is 0.307 e. The molecule has 4 heteroatoms. The minimum atomic E-state index is -0.0380. The van der Waals surface area contributed by atoms with Gasteiger partial charge in [-0.3, -0.25) is 14.2 Å². The minimum absolute atomic E-state index is 0.0380. The number of thiazole rings is 1. The predicted molar refractivity (Wildman–Crippen MR) is 46.3 cm³/mol. The third kappa shape index (κ3) is 1.48. The molecule has 0 aromatic carbocycles. The Bertz CT molecular complexity index is 348. The van der Waals surface area contributed by atoms with Gasteiger partial charge in [0.1, 0.15) is 0 Å². The van der Waals surface area contributed by atoms with Gasteiger partial charge in [-0.05, 0) is 12.8 Å². The molecule has 1 fully saturated rings. The highest BCUT2D eigenvalue weighted by molar-refractivity contribution is 7.07. The average molecular weight is 183 g/mol. The van der Waals surface area contributed by atoms with E-state index in [0.29, 0.717) is 0 Å². The summed E-state index contributed by atoms with van der Waals surface area (Å²) in [6, 6.07) is 0. The van der Waals surface area contributed by atoms with Crippen molar-refractivity contribution < 1.29 is 4.79 Å². The lowest BCUT2D eigenvalue weighted by molar-refractivity contribution is -0.120. The lowest BCUT2D eigenvalue weighted by atomic mass is 10.3. The van der Waals surface area contributed by atoms with Crippen LogP contribution in [0.3, 0.4) is 0 Å². The van der Waals surface area contributed by atoms with E-state index in [9.17, 15) is 9.59 Å². The summed E-state index contributed by atoms with van der Waals surface area (Å²) in [6.45, 7) is 0.271. The van der Waals surface area contributed by atoms with Gasteiger partial charge in [-0.25, -0.2) is 0 Å². The molecule has 1 saturated carbocycles. The molecule has 0 bridgehead atoms. The number of Topliss-reactive ketones (excluding diaryl/α,β-unsaturated/α-hetero) is 1. The number of rotatable bonds is 3. The molecular weight excluding hydrogens is 174 g/mol. The molecule has 1 aromatic rings. The van der Waals surface area contributed by atoms with Gasteiger partial charge in [-0.1, -0.05) is 11.3 Å². The lowest BCUT2D eigenvalue weighted by Gasteiger charge is -1.97. The maximum Gasteiger partial charge on any atom is 0.307 e. The van der Waals surface area contributed by atoms with Crippen LogP contribution >= 0.6 is 11.3 Å². The molecule has 1 aliphatic carbocycles. The number of nitrogens with zero attached hydrogens (tertiary/aromatic N) is 1. The van der Waals surface area contributed by atoms with Crippen molar-refractivity contribution in [1.82, 2.24) is 4.57 Å². The summed E-state index contributed by atoms with van der Waals surface area (Å²) in [5.41, 5.74) is 0. The van der Waals surface area contributed by atoms with Gasteiger partial charge in [0, 0.05) is 17.5 Å². The molecule has 2 rings (SSSR count). The standard InChI is InChI=1S/C8H9NO2S/c10-7(6-1-2-6)5-9-3-4-12-8(9)11/h3-4,6H,1-2,5H2. The van der Waals surface area contributed by atoms with Crippen molar-refractivity contribution in [1.29, 1.82) is 0 Å². The summed E-state index contributed by atoms with van der Waals surface area (Å²) < 4.78 is 1.48. The Hall–Kier alpha value is -0.900. The molecule has 1 aliphatic rings. The molecule has 0 atom stereocenters. The highest BCUT2D eigenvalue weighted by Gasteiger charge is 2.29. The first kappa shape index (κ1) is 7.73. The fourth-order valence-electron chi connectivity index (χ4n) is 1.11. The Morgan fingerprint density at radius 3 is 2.92 bits per heavy atom. The molecule has 1 heterocycles. The second kappa shape index (κ2) is 2.86. The van der Waals surface area contributed by atoms with E-state index in [4.69, 9.17) is 0 Å². The molecule has 1 aromatic heterocycles. The van der Waals surface area contributed by atoms with Crippen molar-refractivity contribution in [2.75, 3.05) is 0 Å². The Morgan fingerprint density at radius 1 is 1.67 bits per heavy atom. The minimum Gasteiger partial charge on any atom is -0.299 e. The first-order valence-electron chi connectivity index (χ1n) is 3.94. The molecule has 0 amide bonds. The van der Waals surface area contributed by atoms with Crippen LogP contribution in [0.25, 0.3) is 0 Å². The molecule has 0 N–H and O–H groups in total. The first-order valence-corrected chi connectivity index (χ1v) is 4.82. The molecule has 0 unspecified atom stereocenters. The lowest BCUT2D eigenvalue weighted by Crippen LogP contribution is -2.19. The SMILES string of the molecule is O=C(Cn1ccsc1=O)C1CC1. The Kier molecular flexibility index (Phi) is 1.84. The molecule has 0 spiro atoms. The number of hydrogen-bond donors (Lipinski definition) is 0. The molecule has 0 saturated heterocycles. The number of hydrogen-bond acceptors (Lipinski definition) is 3. The van der Waals surface area contributed by atoms with Gasteiger partial charge in [0.15, 0.2) is 5.78 Å². The van der Waals surface area contributed by atoms with E-state index in [2.05, 4.69) is 0 Å². The van der Waals surface area contributed by atoms with Crippen LogP contribution in [0.15, 0.2) is 16.4 Å².